The molecule has 0 radical (unpaired) electrons. The van der Waals surface area contributed by atoms with Gasteiger partial charge in [-0.2, -0.15) is 0 Å². The average molecular weight is 441 g/mol. The molecule has 1 aromatic heterocycles. The lowest BCUT2D eigenvalue weighted by atomic mass is 10.2. The number of nitrogens with zero attached hydrogens (tertiary/aromatic N) is 4. The van der Waals surface area contributed by atoms with Crippen LogP contribution in [0.4, 0.5) is 21.9 Å². The van der Waals surface area contributed by atoms with Gasteiger partial charge in [0.05, 0.1) is 9.82 Å². The van der Waals surface area contributed by atoms with Crippen molar-refractivity contribution in [3.05, 3.63) is 64.5 Å². The molecule has 0 unspecified atom stereocenters. The fourth-order valence-corrected chi connectivity index (χ4v) is 3.41. The highest BCUT2D eigenvalue weighted by Gasteiger charge is 2.20. The molecule has 160 valence electrons. The van der Waals surface area contributed by atoms with Crippen LogP contribution in [0, 0.1) is 10.1 Å². The number of nitro groups is 1. The number of benzene rings is 2. The largest absolute Gasteiger partial charge is 0.338 e. The summed E-state index contributed by atoms with van der Waals surface area (Å²) in [4.78, 5) is 35.6. The van der Waals surface area contributed by atoms with Crippen molar-refractivity contribution >= 4 is 40.8 Å². The zero-order valence-electron chi connectivity index (χ0n) is 16.7. The number of anilines is 2. The molecule has 0 fully saturated rings. The first kappa shape index (κ1) is 21.8. The van der Waals surface area contributed by atoms with Crippen LogP contribution >= 0.6 is 11.8 Å². The van der Waals surface area contributed by atoms with Crippen LogP contribution in [0.25, 0.3) is 0 Å². The highest BCUT2D eigenvalue weighted by molar-refractivity contribution is 7.99. The van der Waals surface area contributed by atoms with Crippen LogP contribution in [0.15, 0.2) is 58.8 Å². The molecule has 3 N–H and O–H groups in total. The Bertz CT molecular complexity index is 1130. The van der Waals surface area contributed by atoms with Crippen LogP contribution in [0.2, 0.25) is 0 Å². The highest BCUT2D eigenvalue weighted by atomic mass is 32.2. The Labute approximate surface area is 181 Å². The van der Waals surface area contributed by atoms with E-state index in [0.29, 0.717) is 28.0 Å². The van der Waals surface area contributed by atoms with Gasteiger partial charge in [0, 0.05) is 36.6 Å². The van der Waals surface area contributed by atoms with E-state index in [-0.39, 0.29) is 17.3 Å². The Morgan fingerprint density at radius 1 is 1.16 bits per heavy atom. The van der Waals surface area contributed by atoms with Gasteiger partial charge in [0.25, 0.3) is 11.6 Å². The van der Waals surface area contributed by atoms with Crippen LogP contribution < -0.4 is 16.0 Å². The summed E-state index contributed by atoms with van der Waals surface area (Å²) in [5.74, 6) is -0.520. The fraction of sp³-hybridized carbons (Fsp3) is 0.158. The summed E-state index contributed by atoms with van der Waals surface area (Å²) in [6.07, 6.45) is 1.49. The number of aryl methyl sites for hydroxylation is 1. The first-order valence-corrected chi connectivity index (χ1v) is 9.95. The molecular weight excluding hydrogens is 422 g/mol. The van der Waals surface area contributed by atoms with Gasteiger partial charge < -0.3 is 20.5 Å². The maximum Gasteiger partial charge on any atom is 0.319 e. The number of carbonyl (C=O) groups excluding carboxylic acids is 2. The third-order valence-electron chi connectivity index (χ3n) is 4.00. The number of amides is 3. The second kappa shape index (κ2) is 9.71. The molecule has 0 atom stereocenters. The zero-order valence-corrected chi connectivity index (χ0v) is 17.5. The Kier molecular flexibility index (Phi) is 6.82. The first-order chi connectivity index (χ1) is 14.9. The quantitative estimate of drug-likeness (QED) is 0.377. The Hall–Kier alpha value is -3.93. The van der Waals surface area contributed by atoms with Crippen molar-refractivity contribution in [2.24, 2.45) is 7.05 Å². The fourth-order valence-electron chi connectivity index (χ4n) is 2.56. The molecule has 0 saturated carbocycles. The van der Waals surface area contributed by atoms with Gasteiger partial charge in [0.15, 0.2) is 5.16 Å². The molecule has 0 bridgehead atoms. The van der Waals surface area contributed by atoms with Crippen molar-refractivity contribution in [2.75, 3.05) is 17.2 Å². The van der Waals surface area contributed by atoms with Crippen molar-refractivity contribution in [2.45, 2.75) is 17.0 Å². The van der Waals surface area contributed by atoms with Crippen LogP contribution in [0.3, 0.4) is 0 Å². The number of hydrogen-bond acceptors (Lipinski definition) is 7. The molecule has 1 heterocycles. The molecule has 0 spiro atoms. The van der Waals surface area contributed by atoms with Crippen LogP contribution in [0.5, 0.6) is 0 Å². The van der Waals surface area contributed by atoms with Crippen LogP contribution in [-0.2, 0) is 7.05 Å². The summed E-state index contributed by atoms with van der Waals surface area (Å²) < 4.78 is 1.64. The molecule has 11 nitrogen and oxygen atoms in total. The standard InChI is InChI=1S/C19H19N7O4S/c1-3-20-18(28)23-14-6-4-5-13(10-14)22-17(27)12-7-8-16(15(9-12)26(29)30)31-19-24-21-11-25(19)2/h4-11H,3H2,1-2H3,(H,22,27)(H2,20,23,28). The molecule has 0 aliphatic rings. The van der Waals surface area contributed by atoms with Gasteiger partial charge in [0.1, 0.15) is 6.33 Å². The normalized spacial score (nSPS) is 10.4. The molecule has 3 rings (SSSR count). The summed E-state index contributed by atoms with van der Waals surface area (Å²) in [6, 6.07) is 10.4. The van der Waals surface area contributed by atoms with Gasteiger partial charge in [-0.05, 0) is 49.0 Å². The number of hydrogen-bond donors (Lipinski definition) is 3. The van der Waals surface area contributed by atoms with E-state index in [9.17, 15) is 19.7 Å². The van der Waals surface area contributed by atoms with E-state index in [0.717, 1.165) is 11.8 Å². The monoisotopic (exact) mass is 441 g/mol. The van der Waals surface area contributed by atoms with Crippen molar-refractivity contribution in [3.8, 4) is 0 Å². The van der Waals surface area contributed by atoms with E-state index in [4.69, 9.17) is 0 Å². The number of carbonyl (C=O) groups is 2. The predicted octanol–water partition coefficient (Wildman–Crippen LogP) is 3.27. The molecule has 0 saturated heterocycles. The van der Waals surface area contributed by atoms with E-state index in [2.05, 4.69) is 26.1 Å². The van der Waals surface area contributed by atoms with Crippen molar-refractivity contribution < 1.29 is 14.5 Å². The van der Waals surface area contributed by atoms with Crippen LogP contribution in [0.1, 0.15) is 17.3 Å². The lowest BCUT2D eigenvalue weighted by Gasteiger charge is -2.10. The summed E-state index contributed by atoms with van der Waals surface area (Å²) in [5, 5.41) is 27.6. The minimum atomic E-state index is -0.549. The molecule has 0 aliphatic heterocycles. The van der Waals surface area contributed by atoms with Gasteiger partial charge >= 0.3 is 6.03 Å². The number of rotatable bonds is 7. The molecule has 3 aromatic rings. The van der Waals surface area contributed by atoms with Gasteiger partial charge in [-0.15, -0.1) is 10.2 Å². The molecule has 0 aliphatic carbocycles. The lowest BCUT2D eigenvalue weighted by molar-refractivity contribution is -0.387. The summed E-state index contributed by atoms with van der Waals surface area (Å²) >= 11 is 1.08. The van der Waals surface area contributed by atoms with E-state index >= 15 is 0 Å². The Morgan fingerprint density at radius 2 is 1.90 bits per heavy atom. The molecule has 2 aromatic carbocycles. The smallest absolute Gasteiger partial charge is 0.319 e. The third kappa shape index (κ3) is 5.57. The van der Waals surface area contributed by atoms with Crippen LogP contribution in [-0.4, -0.2) is 38.2 Å². The van der Waals surface area contributed by atoms with E-state index in [1.807, 2.05) is 0 Å². The van der Waals surface area contributed by atoms with Gasteiger partial charge in [-0.25, -0.2) is 4.79 Å². The predicted molar refractivity (Wildman–Crippen MR) is 115 cm³/mol. The zero-order chi connectivity index (χ0) is 22.4. The maximum absolute atomic E-state index is 12.6. The molecule has 31 heavy (non-hydrogen) atoms. The first-order valence-electron chi connectivity index (χ1n) is 9.14. The SMILES string of the molecule is CCNC(=O)Nc1cccc(NC(=O)c2ccc(Sc3nncn3C)c([N+](=O)[O-])c2)c1. The number of urea groups is 1. The maximum atomic E-state index is 12.6. The van der Waals surface area contributed by atoms with Gasteiger partial charge in [0.2, 0.25) is 0 Å². The Morgan fingerprint density at radius 3 is 2.55 bits per heavy atom. The molecule has 12 heteroatoms. The number of nitrogens with one attached hydrogen (secondary N) is 3. The second-order valence-electron chi connectivity index (χ2n) is 6.29. The van der Waals surface area contributed by atoms with Crippen molar-refractivity contribution in [1.82, 2.24) is 20.1 Å². The van der Waals surface area contributed by atoms with E-state index in [1.54, 1.807) is 42.8 Å². The third-order valence-corrected chi connectivity index (χ3v) is 5.12. The average Bonchev–Trinajstić information content (AvgIpc) is 3.13. The van der Waals surface area contributed by atoms with Gasteiger partial charge in [-0.1, -0.05) is 6.07 Å². The number of nitro benzene ring substituents is 1. The minimum Gasteiger partial charge on any atom is -0.338 e. The highest BCUT2D eigenvalue weighted by Crippen LogP contribution is 2.34. The summed E-state index contributed by atoms with van der Waals surface area (Å²) in [6.45, 7) is 2.28. The molecule has 3 amide bonds. The van der Waals surface area contributed by atoms with Crippen molar-refractivity contribution in [3.63, 3.8) is 0 Å². The van der Waals surface area contributed by atoms with Crippen molar-refractivity contribution in [1.29, 1.82) is 0 Å². The minimum absolute atomic E-state index is 0.121. The molecular formula is C19H19N7O4S. The van der Waals surface area contributed by atoms with E-state index < -0.39 is 10.8 Å². The topological polar surface area (TPSA) is 144 Å². The second-order valence-corrected chi connectivity index (χ2v) is 7.29. The summed E-state index contributed by atoms with van der Waals surface area (Å²) in [7, 11) is 1.73. The Balaban J connectivity index is 1.77. The van der Waals surface area contributed by atoms with Gasteiger partial charge in [-0.3, -0.25) is 14.9 Å². The lowest BCUT2D eigenvalue weighted by Crippen LogP contribution is -2.28. The number of aromatic nitrogens is 3. The van der Waals surface area contributed by atoms with E-state index in [1.165, 1.54) is 24.5 Å². The summed E-state index contributed by atoms with van der Waals surface area (Å²) in [5.41, 5.74) is 0.827.